The van der Waals surface area contributed by atoms with Crippen molar-refractivity contribution in [3.05, 3.63) is 57.6 Å². The molecule has 0 amide bonds. The minimum atomic E-state index is -3.25. The van der Waals surface area contributed by atoms with E-state index in [2.05, 4.69) is 9.80 Å². The molecular weight excluding hydrogens is 467 g/mol. The minimum Gasteiger partial charge on any atom is -0.484 e. The van der Waals surface area contributed by atoms with Crippen molar-refractivity contribution >= 4 is 33.0 Å². The third kappa shape index (κ3) is 4.40. The molecule has 2 saturated heterocycles. The van der Waals surface area contributed by atoms with Crippen LogP contribution in [0.5, 0.6) is 5.75 Å². The van der Waals surface area contributed by atoms with E-state index >= 15 is 0 Å². The molecule has 3 aliphatic rings. The number of hydrogen-bond acceptors (Lipinski definition) is 5. The molecule has 0 radical (unpaired) electrons. The van der Waals surface area contributed by atoms with E-state index in [1.54, 1.807) is 30.3 Å². The van der Waals surface area contributed by atoms with Crippen LogP contribution in [0.1, 0.15) is 36.5 Å². The van der Waals surface area contributed by atoms with E-state index in [1.165, 1.54) is 38.6 Å². The predicted molar refractivity (Wildman–Crippen MR) is 128 cm³/mol. The Morgan fingerprint density at radius 2 is 1.72 bits per heavy atom. The van der Waals surface area contributed by atoms with Gasteiger partial charge in [-0.1, -0.05) is 23.2 Å². The van der Waals surface area contributed by atoms with Crippen LogP contribution in [0.3, 0.4) is 0 Å². The van der Waals surface area contributed by atoms with E-state index in [-0.39, 0.29) is 17.0 Å². The molecule has 2 aromatic carbocycles. The van der Waals surface area contributed by atoms with Gasteiger partial charge in [0.05, 0.1) is 10.9 Å². The fourth-order valence-corrected chi connectivity index (χ4v) is 6.68. The lowest BCUT2D eigenvalue weighted by Crippen LogP contribution is -2.41. The molecule has 0 bridgehead atoms. The van der Waals surface area contributed by atoms with Gasteiger partial charge in [0.25, 0.3) is 0 Å². The fourth-order valence-electron chi connectivity index (χ4n) is 5.46. The van der Waals surface area contributed by atoms with Crippen molar-refractivity contribution in [3.8, 4) is 5.75 Å². The van der Waals surface area contributed by atoms with E-state index in [4.69, 9.17) is 27.9 Å². The smallest absolute Gasteiger partial charge is 0.175 e. The molecule has 2 heterocycles. The van der Waals surface area contributed by atoms with Crippen molar-refractivity contribution in [3.63, 3.8) is 0 Å². The van der Waals surface area contributed by atoms with Gasteiger partial charge in [-0.25, -0.2) is 8.42 Å². The highest BCUT2D eigenvalue weighted by Gasteiger charge is 2.43. The van der Waals surface area contributed by atoms with Gasteiger partial charge in [0.1, 0.15) is 11.9 Å². The van der Waals surface area contributed by atoms with Gasteiger partial charge in [-0.3, -0.25) is 9.80 Å². The first kappa shape index (κ1) is 22.5. The summed E-state index contributed by atoms with van der Waals surface area (Å²) >= 11 is 12.9. The lowest BCUT2D eigenvalue weighted by Gasteiger charge is -2.31. The number of rotatable bonds is 5. The molecule has 2 aromatic rings. The molecule has 2 aliphatic heterocycles. The largest absolute Gasteiger partial charge is 0.484 e. The first-order valence-electron chi connectivity index (χ1n) is 11.2. The van der Waals surface area contributed by atoms with E-state index in [1.807, 2.05) is 6.07 Å². The second kappa shape index (κ2) is 8.80. The summed E-state index contributed by atoms with van der Waals surface area (Å²) in [7, 11) is -3.25. The van der Waals surface area contributed by atoms with Crippen molar-refractivity contribution in [1.29, 1.82) is 0 Å². The van der Waals surface area contributed by atoms with Crippen LogP contribution < -0.4 is 4.74 Å². The molecular formula is C24H28Cl2N2O3S. The van der Waals surface area contributed by atoms with Crippen LogP contribution in [0, 0.1) is 0 Å². The van der Waals surface area contributed by atoms with E-state index in [0.717, 1.165) is 30.6 Å². The molecule has 172 valence electrons. The summed E-state index contributed by atoms with van der Waals surface area (Å²) in [6, 6.07) is 11.2. The maximum atomic E-state index is 11.8. The summed E-state index contributed by atoms with van der Waals surface area (Å²) in [5.41, 5.74) is 2.13. The monoisotopic (exact) mass is 494 g/mol. The van der Waals surface area contributed by atoms with Gasteiger partial charge < -0.3 is 4.74 Å². The van der Waals surface area contributed by atoms with Gasteiger partial charge in [-0.2, -0.15) is 0 Å². The Labute approximate surface area is 200 Å². The van der Waals surface area contributed by atoms with Crippen molar-refractivity contribution < 1.29 is 13.2 Å². The average Bonchev–Trinajstić information content (AvgIpc) is 3.47. The molecule has 0 N–H and O–H groups in total. The average molecular weight is 495 g/mol. The maximum absolute atomic E-state index is 11.8. The van der Waals surface area contributed by atoms with Crippen molar-refractivity contribution in [2.45, 2.75) is 48.8 Å². The first-order chi connectivity index (χ1) is 15.3. The Kier molecular flexibility index (Phi) is 6.18. The minimum absolute atomic E-state index is 0.170. The standard InChI is InChI=1S/C24H28Cl2N2O3S/c1-32(29,30)19-6-4-18(5-7-19)31-24-21-12-16(25)13-22(26)20(21)14-23(24)28-11-8-17(15-28)27-9-2-3-10-27/h4-7,12-13,17,23-24H,2-3,8-11,14-15H2,1H3/t17-,23+,24+/m1/s1. The van der Waals surface area contributed by atoms with Gasteiger partial charge in [-0.15, -0.1) is 0 Å². The van der Waals surface area contributed by atoms with Crippen molar-refractivity contribution in [2.75, 3.05) is 32.4 Å². The molecule has 2 fully saturated rings. The molecule has 32 heavy (non-hydrogen) atoms. The normalized spacial score (nSPS) is 26.5. The molecule has 0 spiro atoms. The summed E-state index contributed by atoms with van der Waals surface area (Å²) < 4.78 is 30.1. The Balaban J connectivity index is 1.42. The van der Waals surface area contributed by atoms with Crippen molar-refractivity contribution in [1.82, 2.24) is 9.80 Å². The number of likely N-dealkylation sites (tertiary alicyclic amines) is 2. The third-order valence-electron chi connectivity index (χ3n) is 7.10. The van der Waals surface area contributed by atoms with Crippen LogP contribution in [0.25, 0.3) is 0 Å². The number of benzene rings is 2. The number of ether oxygens (including phenoxy) is 1. The molecule has 5 nitrogen and oxygen atoms in total. The lowest BCUT2D eigenvalue weighted by atomic mass is 10.1. The van der Waals surface area contributed by atoms with E-state index in [9.17, 15) is 8.42 Å². The van der Waals surface area contributed by atoms with Gasteiger partial charge in [0.2, 0.25) is 0 Å². The zero-order chi connectivity index (χ0) is 22.5. The third-order valence-corrected chi connectivity index (χ3v) is 8.78. The fraction of sp³-hybridized carbons (Fsp3) is 0.500. The molecule has 8 heteroatoms. The number of sulfone groups is 1. The summed E-state index contributed by atoms with van der Waals surface area (Å²) in [6.45, 7) is 4.49. The van der Waals surface area contributed by atoms with Crippen LogP contribution in [-0.2, 0) is 16.3 Å². The predicted octanol–water partition coefficient (Wildman–Crippen LogP) is 4.61. The highest BCUT2D eigenvalue weighted by atomic mass is 35.5. The summed E-state index contributed by atoms with van der Waals surface area (Å²) in [6.07, 6.45) is 5.60. The highest BCUT2D eigenvalue weighted by Crippen LogP contribution is 2.43. The zero-order valence-electron chi connectivity index (χ0n) is 18.1. The Morgan fingerprint density at radius 1 is 1.00 bits per heavy atom. The SMILES string of the molecule is CS(=O)(=O)c1ccc(O[C@H]2c3cc(Cl)cc(Cl)c3C[C@@H]2N2CC[C@@H](N3CCCC3)C2)cc1. The second-order valence-corrected chi connectivity index (χ2v) is 12.0. The summed E-state index contributed by atoms with van der Waals surface area (Å²) in [4.78, 5) is 5.46. The van der Waals surface area contributed by atoms with Gasteiger partial charge in [-0.05, 0) is 80.7 Å². The Bertz CT molecular complexity index is 1100. The molecule has 1 aliphatic carbocycles. The van der Waals surface area contributed by atoms with Gasteiger partial charge in [0.15, 0.2) is 9.84 Å². The maximum Gasteiger partial charge on any atom is 0.175 e. The second-order valence-electron chi connectivity index (χ2n) is 9.19. The number of halogens is 2. The van der Waals surface area contributed by atoms with E-state index < -0.39 is 9.84 Å². The first-order valence-corrected chi connectivity index (χ1v) is 13.9. The molecule has 0 unspecified atom stereocenters. The molecule has 0 aromatic heterocycles. The molecule has 5 rings (SSSR count). The topological polar surface area (TPSA) is 49.9 Å². The molecule has 0 saturated carbocycles. The van der Waals surface area contributed by atoms with Crippen LogP contribution >= 0.6 is 23.2 Å². The van der Waals surface area contributed by atoms with Crippen LogP contribution in [0.15, 0.2) is 41.3 Å². The number of hydrogen-bond donors (Lipinski definition) is 0. The van der Waals surface area contributed by atoms with Gasteiger partial charge >= 0.3 is 0 Å². The number of fused-ring (bicyclic) bond motifs is 1. The molecule has 3 atom stereocenters. The van der Waals surface area contributed by atoms with Crippen molar-refractivity contribution in [2.24, 2.45) is 0 Å². The highest BCUT2D eigenvalue weighted by molar-refractivity contribution is 7.90. The Morgan fingerprint density at radius 3 is 2.41 bits per heavy atom. The van der Waals surface area contributed by atoms with Gasteiger partial charge in [0, 0.05) is 41.0 Å². The van der Waals surface area contributed by atoms with Crippen LogP contribution in [-0.4, -0.2) is 62.7 Å². The quantitative estimate of drug-likeness (QED) is 0.607. The van der Waals surface area contributed by atoms with E-state index in [0.29, 0.717) is 21.8 Å². The summed E-state index contributed by atoms with van der Waals surface area (Å²) in [5.74, 6) is 0.645. The number of nitrogens with zero attached hydrogens (tertiary/aromatic N) is 2. The van der Waals surface area contributed by atoms with Crippen LogP contribution in [0.4, 0.5) is 0 Å². The summed E-state index contributed by atoms with van der Waals surface area (Å²) in [5, 5.41) is 1.29. The zero-order valence-corrected chi connectivity index (χ0v) is 20.5. The Hall–Kier alpha value is -1.31. The van der Waals surface area contributed by atoms with Crippen LogP contribution in [0.2, 0.25) is 10.0 Å². The lowest BCUT2D eigenvalue weighted by molar-refractivity contribution is 0.0880.